The molecule has 0 aliphatic carbocycles. The summed E-state index contributed by atoms with van der Waals surface area (Å²) in [6.07, 6.45) is 0.210. The third-order valence-electron chi connectivity index (χ3n) is 1.31. The van der Waals surface area contributed by atoms with Gasteiger partial charge in [-0.2, -0.15) is 5.48 Å². The smallest absolute Gasteiger partial charge is 0.331 e. The Morgan fingerprint density at radius 1 is 1.54 bits per heavy atom. The quantitative estimate of drug-likeness (QED) is 0.469. The van der Waals surface area contributed by atoms with Gasteiger partial charge in [0.15, 0.2) is 0 Å². The predicted molar refractivity (Wildman–Crippen MR) is 46.4 cm³/mol. The fraction of sp³-hybridized carbons (Fsp3) is 0.714. The number of rotatable bonds is 4. The molecular weight excluding hydrogens is 174 g/mol. The molecule has 0 saturated carbocycles. The minimum Gasteiger partial charge on any atom is -0.341 e. The average molecular weight is 189 g/mol. The molecule has 0 unspecified atom stereocenters. The Morgan fingerprint density at radius 2 is 2.15 bits per heavy atom. The Morgan fingerprint density at radius 3 is 2.62 bits per heavy atom. The van der Waals surface area contributed by atoms with Gasteiger partial charge in [0.2, 0.25) is 0 Å². The summed E-state index contributed by atoms with van der Waals surface area (Å²) < 4.78 is 0. The van der Waals surface area contributed by atoms with Gasteiger partial charge in [-0.05, 0) is 7.05 Å². The highest BCUT2D eigenvalue weighted by Gasteiger charge is 2.13. The van der Waals surface area contributed by atoms with Crippen LogP contribution in [0.1, 0.15) is 13.3 Å². The molecular formula is C7H15N3O3. The topological polar surface area (TPSA) is 93.5 Å². The predicted octanol–water partition coefficient (Wildman–Crippen LogP) is -1.48. The van der Waals surface area contributed by atoms with Gasteiger partial charge in [-0.15, -0.1) is 0 Å². The summed E-state index contributed by atoms with van der Waals surface area (Å²) in [4.78, 5) is 26.0. The van der Waals surface area contributed by atoms with Crippen LogP contribution in [0.25, 0.3) is 0 Å². The molecule has 0 aromatic heterocycles. The maximum atomic E-state index is 11.0. The van der Waals surface area contributed by atoms with E-state index in [0.29, 0.717) is 6.54 Å². The summed E-state index contributed by atoms with van der Waals surface area (Å²) in [7, 11) is 1.67. The van der Waals surface area contributed by atoms with Crippen molar-refractivity contribution >= 4 is 11.9 Å². The molecule has 6 nitrogen and oxygen atoms in total. The molecule has 0 aliphatic heterocycles. The van der Waals surface area contributed by atoms with E-state index in [1.165, 1.54) is 0 Å². The number of carbonyl (C=O) groups excluding carboxylic acids is 2. The number of hydrogen-bond acceptors (Lipinski definition) is 5. The lowest BCUT2D eigenvalue weighted by molar-refractivity contribution is -0.158. The fourth-order valence-corrected chi connectivity index (χ4v) is 0.568. The molecule has 0 heterocycles. The van der Waals surface area contributed by atoms with Gasteiger partial charge >= 0.3 is 5.97 Å². The van der Waals surface area contributed by atoms with Crippen molar-refractivity contribution in [3.8, 4) is 0 Å². The molecule has 6 heteroatoms. The maximum absolute atomic E-state index is 11.0. The molecule has 0 radical (unpaired) electrons. The highest BCUT2D eigenvalue weighted by molar-refractivity contribution is 5.82. The molecule has 0 fully saturated rings. The number of hydroxylamine groups is 1. The number of nitrogens with two attached hydrogens (primary N) is 1. The summed E-state index contributed by atoms with van der Waals surface area (Å²) in [5.41, 5.74) is 7.35. The molecule has 0 aromatic rings. The van der Waals surface area contributed by atoms with E-state index in [0.717, 1.165) is 0 Å². The van der Waals surface area contributed by atoms with Gasteiger partial charge in [0.1, 0.15) is 0 Å². The summed E-state index contributed by atoms with van der Waals surface area (Å²) in [6, 6.07) is -0.713. The van der Waals surface area contributed by atoms with E-state index >= 15 is 0 Å². The van der Waals surface area contributed by atoms with Crippen molar-refractivity contribution in [1.82, 2.24) is 10.8 Å². The van der Waals surface area contributed by atoms with E-state index in [2.05, 4.69) is 10.2 Å². The Kier molecular flexibility index (Phi) is 5.82. The summed E-state index contributed by atoms with van der Waals surface area (Å²) in [6.45, 7) is 1.96. The van der Waals surface area contributed by atoms with Crippen molar-refractivity contribution in [1.29, 1.82) is 0 Å². The largest absolute Gasteiger partial charge is 0.341 e. The zero-order chi connectivity index (χ0) is 10.3. The van der Waals surface area contributed by atoms with Gasteiger partial charge < -0.3 is 15.9 Å². The maximum Gasteiger partial charge on any atom is 0.331 e. The van der Waals surface area contributed by atoms with E-state index in [-0.39, 0.29) is 6.42 Å². The van der Waals surface area contributed by atoms with E-state index in [1.54, 1.807) is 14.0 Å². The zero-order valence-corrected chi connectivity index (χ0v) is 7.79. The van der Waals surface area contributed by atoms with Crippen molar-refractivity contribution in [3.05, 3.63) is 0 Å². The van der Waals surface area contributed by atoms with Crippen molar-refractivity contribution in [2.45, 2.75) is 19.4 Å². The van der Waals surface area contributed by atoms with Crippen LogP contribution in [0.15, 0.2) is 0 Å². The van der Waals surface area contributed by atoms with Gasteiger partial charge in [0.25, 0.3) is 5.91 Å². The van der Waals surface area contributed by atoms with Crippen LogP contribution in [0.5, 0.6) is 0 Å². The van der Waals surface area contributed by atoms with E-state index < -0.39 is 17.9 Å². The Bertz CT molecular complexity index is 184. The molecule has 0 aliphatic rings. The van der Waals surface area contributed by atoms with Crippen LogP contribution < -0.4 is 16.5 Å². The molecule has 1 amide bonds. The van der Waals surface area contributed by atoms with E-state index in [1.807, 2.05) is 5.48 Å². The molecule has 0 rings (SSSR count). The van der Waals surface area contributed by atoms with E-state index in [9.17, 15) is 9.59 Å². The average Bonchev–Trinajstić information content (AvgIpc) is 2.13. The summed E-state index contributed by atoms with van der Waals surface area (Å²) in [5, 5.41) is 2.72. The van der Waals surface area contributed by atoms with Crippen LogP contribution in [-0.4, -0.2) is 31.5 Å². The minimum absolute atomic E-state index is 0.210. The van der Waals surface area contributed by atoms with Crippen LogP contribution >= 0.6 is 0 Å². The second-order valence-electron chi connectivity index (χ2n) is 2.46. The van der Waals surface area contributed by atoms with Gasteiger partial charge in [0.05, 0.1) is 6.04 Å². The Hall–Kier alpha value is -1.14. The zero-order valence-electron chi connectivity index (χ0n) is 7.79. The van der Waals surface area contributed by atoms with Gasteiger partial charge in [-0.25, -0.2) is 4.79 Å². The summed E-state index contributed by atoms with van der Waals surface area (Å²) in [5.74, 6) is -1.01. The SMILES string of the molecule is CCC(=O)ONC(=O)[C@@H](N)CNC. The number of likely N-dealkylation sites (N-methyl/N-ethyl adjacent to an activating group) is 1. The lowest BCUT2D eigenvalue weighted by atomic mass is 10.3. The van der Waals surface area contributed by atoms with Crippen molar-refractivity contribution in [3.63, 3.8) is 0 Å². The first-order chi connectivity index (χ1) is 6.11. The molecule has 13 heavy (non-hydrogen) atoms. The van der Waals surface area contributed by atoms with Crippen molar-refractivity contribution < 1.29 is 14.4 Å². The summed E-state index contributed by atoms with van der Waals surface area (Å²) >= 11 is 0. The lowest BCUT2D eigenvalue weighted by Crippen LogP contribution is -2.46. The van der Waals surface area contributed by atoms with Crippen LogP contribution in [0, 0.1) is 0 Å². The molecule has 0 spiro atoms. The van der Waals surface area contributed by atoms with Crippen molar-refractivity contribution in [2.24, 2.45) is 5.73 Å². The second-order valence-corrected chi connectivity index (χ2v) is 2.46. The minimum atomic E-state index is -0.713. The fourth-order valence-electron chi connectivity index (χ4n) is 0.568. The molecule has 0 saturated heterocycles. The van der Waals surface area contributed by atoms with Gasteiger partial charge in [0, 0.05) is 13.0 Å². The van der Waals surface area contributed by atoms with E-state index in [4.69, 9.17) is 5.73 Å². The highest BCUT2D eigenvalue weighted by atomic mass is 16.7. The van der Waals surface area contributed by atoms with Crippen LogP contribution in [-0.2, 0) is 14.4 Å². The number of hydrogen-bond donors (Lipinski definition) is 3. The number of nitrogens with one attached hydrogen (secondary N) is 2. The van der Waals surface area contributed by atoms with Crippen LogP contribution in [0.3, 0.4) is 0 Å². The Labute approximate surface area is 76.8 Å². The monoisotopic (exact) mass is 189 g/mol. The molecule has 0 bridgehead atoms. The van der Waals surface area contributed by atoms with Gasteiger partial charge in [-0.1, -0.05) is 6.92 Å². The first kappa shape index (κ1) is 11.9. The number of amides is 1. The molecule has 1 atom stereocenters. The molecule has 76 valence electrons. The van der Waals surface area contributed by atoms with Crippen LogP contribution in [0.4, 0.5) is 0 Å². The first-order valence-electron chi connectivity index (χ1n) is 4.01. The number of carbonyl (C=O) groups is 2. The highest BCUT2D eigenvalue weighted by Crippen LogP contribution is 1.82. The van der Waals surface area contributed by atoms with Gasteiger partial charge in [-0.3, -0.25) is 4.79 Å². The van der Waals surface area contributed by atoms with Crippen LogP contribution in [0.2, 0.25) is 0 Å². The normalized spacial score (nSPS) is 11.9. The first-order valence-corrected chi connectivity index (χ1v) is 4.01. The second kappa shape index (κ2) is 6.38. The Balaban J connectivity index is 3.67. The third-order valence-corrected chi connectivity index (χ3v) is 1.31. The standard InChI is InChI=1S/C7H15N3O3/c1-3-6(11)13-10-7(12)5(8)4-9-2/h5,9H,3-4,8H2,1-2H3,(H,10,12)/t5-/m0/s1. The molecule has 4 N–H and O–H groups in total. The molecule has 0 aromatic carbocycles. The van der Waals surface area contributed by atoms with Crippen molar-refractivity contribution in [2.75, 3.05) is 13.6 Å². The third kappa shape index (κ3) is 5.15. The lowest BCUT2D eigenvalue weighted by Gasteiger charge is -2.10.